The van der Waals surface area contributed by atoms with Crippen molar-refractivity contribution < 1.29 is 17.9 Å². The zero-order valence-corrected chi connectivity index (χ0v) is 18.2. The van der Waals surface area contributed by atoms with Gasteiger partial charge in [-0.3, -0.25) is 4.79 Å². The first-order chi connectivity index (χ1) is 13.7. The summed E-state index contributed by atoms with van der Waals surface area (Å²) in [5.74, 6) is -0.340. The van der Waals surface area contributed by atoms with Crippen LogP contribution in [0, 0.1) is 0 Å². The fraction of sp³-hybridized carbons (Fsp3) is 0.381. The average molecular weight is 437 g/mol. The number of benzene rings is 2. The lowest BCUT2D eigenvalue weighted by molar-refractivity contribution is -0.0440. The molecule has 8 heteroatoms. The molecule has 3 unspecified atom stereocenters. The van der Waals surface area contributed by atoms with Gasteiger partial charge in [-0.2, -0.15) is 4.31 Å². The lowest BCUT2D eigenvalue weighted by atomic mass is 10.1. The lowest BCUT2D eigenvalue weighted by Crippen LogP contribution is -2.48. The summed E-state index contributed by atoms with van der Waals surface area (Å²) in [4.78, 5) is 12.8. The summed E-state index contributed by atoms with van der Waals surface area (Å²) in [6.07, 6.45) is -0.361. The van der Waals surface area contributed by atoms with Crippen LogP contribution < -0.4 is 5.32 Å². The molecule has 1 aliphatic rings. The average Bonchev–Trinajstić information content (AvgIpc) is 2.67. The molecule has 2 aromatic rings. The molecule has 2 aromatic carbocycles. The molecule has 0 bridgehead atoms. The smallest absolute Gasteiger partial charge is 0.251 e. The summed E-state index contributed by atoms with van der Waals surface area (Å²) >= 11 is 5.90. The van der Waals surface area contributed by atoms with E-state index in [1.807, 2.05) is 32.9 Å². The van der Waals surface area contributed by atoms with E-state index in [2.05, 4.69) is 5.32 Å². The van der Waals surface area contributed by atoms with Crippen LogP contribution in [0.25, 0.3) is 0 Å². The molecule has 1 fully saturated rings. The number of ether oxygens (including phenoxy) is 1. The van der Waals surface area contributed by atoms with Gasteiger partial charge in [0, 0.05) is 23.7 Å². The van der Waals surface area contributed by atoms with E-state index in [9.17, 15) is 13.2 Å². The molecule has 1 aliphatic heterocycles. The van der Waals surface area contributed by atoms with E-state index in [-0.39, 0.29) is 42.1 Å². The maximum atomic E-state index is 13.1. The van der Waals surface area contributed by atoms with Crippen molar-refractivity contribution in [2.75, 3.05) is 13.1 Å². The highest BCUT2D eigenvalue weighted by Gasteiger charge is 2.32. The summed E-state index contributed by atoms with van der Waals surface area (Å²) in [6, 6.07) is 13.1. The molecule has 3 atom stereocenters. The third-order valence-corrected chi connectivity index (χ3v) is 6.92. The quantitative estimate of drug-likeness (QED) is 0.776. The van der Waals surface area contributed by atoms with Gasteiger partial charge in [0.25, 0.3) is 5.91 Å². The largest absolute Gasteiger partial charge is 0.373 e. The number of sulfonamides is 1. The number of carbonyl (C=O) groups is 1. The van der Waals surface area contributed by atoms with Crippen LogP contribution >= 0.6 is 11.6 Å². The highest BCUT2D eigenvalue weighted by atomic mass is 35.5. The Kier molecular flexibility index (Phi) is 6.63. The molecular weight excluding hydrogens is 412 g/mol. The van der Waals surface area contributed by atoms with Crippen molar-refractivity contribution in [2.45, 2.75) is 43.9 Å². The second-order valence-corrected chi connectivity index (χ2v) is 9.73. The van der Waals surface area contributed by atoms with Crippen LogP contribution in [-0.2, 0) is 14.8 Å². The minimum absolute atomic E-state index is 0.102. The fourth-order valence-electron chi connectivity index (χ4n) is 3.39. The Morgan fingerprint density at radius 2 is 1.76 bits per heavy atom. The number of hydrogen-bond donors (Lipinski definition) is 1. The zero-order chi connectivity index (χ0) is 21.2. The van der Waals surface area contributed by atoms with Crippen LogP contribution in [-0.4, -0.2) is 43.9 Å². The molecule has 1 N–H and O–H groups in total. The van der Waals surface area contributed by atoms with Gasteiger partial charge in [0.15, 0.2) is 0 Å². The van der Waals surface area contributed by atoms with Crippen LogP contribution in [0.4, 0.5) is 0 Å². The standard InChI is InChI=1S/C21H25ClN2O4S/c1-14-12-24(13-15(2)28-14)29(26,27)20-6-4-5-18(11-20)21(25)23-16(3)17-7-9-19(22)10-8-17/h4-11,14-16H,12-13H2,1-3H3,(H,23,25). The number of carbonyl (C=O) groups excluding carboxylic acids is 1. The summed E-state index contributed by atoms with van der Waals surface area (Å²) in [5.41, 5.74) is 1.20. The maximum absolute atomic E-state index is 13.1. The van der Waals surface area contributed by atoms with E-state index in [1.54, 1.807) is 24.3 Å². The van der Waals surface area contributed by atoms with E-state index in [0.29, 0.717) is 10.6 Å². The van der Waals surface area contributed by atoms with Gasteiger partial charge in [0.1, 0.15) is 0 Å². The van der Waals surface area contributed by atoms with Crippen molar-refractivity contribution in [2.24, 2.45) is 0 Å². The predicted molar refractivity (Wildman–Crippen MR) is 113 cm³/mol. The van der Waals surface area contributed by atoms with Crippen LogP contribution in [0.1, 0.15) is 42.7 Å². The van der Waals surface area contributed by atoms with Crippen LogP contribution in [0.5, 0.6) is 0 Å². The van der Waals surface area contributed by atoms with Crippen molar-refractivity contribution in [1.29, 1.82) is 0 Å². The second kappa shape index (κ2) is 8.83. The van der Waals surface area contributed by atoms with E-state index in [0.717, 1.165) is 5.56 Å². The van der Waals surface area contributed by atoms with Crippen molar-refractivity contribution in [3.05, 3.63) is 64.7 Å². The Morgan fingerprint density at radius 3 is 2.38 bits per heavy atom. The second-order valence-electron chi connectivity index (χ2n) is 7.35. The van der Waals surface area contributed by atoms with Gasteiger partial charge in [-0.15, -0.1) is 0 Å². The lowest BCUT2D eigenvalue weighted by Gasteiger charge is -2.34. The molecular formula is C21H25ClN2O4S. The fourth-order valence-corrected chi connectivity index (χ4v) is 5.15. The first-order valence-corrected chi connectivity index (χ1v) is 11.3. The number of nitrogens with zero attached hydrogens (tertiary/aromatic N) is 1. The molecule has 3 rings (SSSR count). The number of morpholine rings is 1. The SMILES string of the molecule is CC1CN(S(=O)(=O)c2cccc(C(=O)NC(C)c3ccc(Cl)cc3)c2)CC(C)O1. The topological polar surface area (TPSA) is 75.7 Å². The highest BCUT2D eigenvalue weighted by molar-refractivity contribution is 7.89. The van der Waals surface area contributed by atoms with Gasteiger partial charge in [0.05, 0.1) is 23.1 Å². The monoisotopic (exact) mass is 436 g/mol. The number of hydrogen-bond acceptors (Lipinski definition) is 4. The van der Waals surface area contributed by atoms with Gasteiger partial charge in [-0.1, -0.05) is 29.8 Å². The summed E-state index contributed by atoms with van der Waals surface area (Å²) in [6.45, 7) is 6.13. The third kappa shape index (κ3) is 5.17. The first kappa shape index (κ1) is 21.8. The predicted octanol–water partition coefficient (Wildman–Crippen LogP) is 3.63. The summed E-state index contributed by atoms with van der Waals surface area (Å²) < 4.78 is 33.1. The van der Waals surface area contributed by atoms with E-state index < -0.39 is 10.0 Å². The van der Waals surface area contributed by atoms with Crippen LogP contribution in [0.3, 0.4) is 0 Å². The molecule has 1 saturated heterocycles. The Labute approximate surface area is 176 Å². The highest BCUT2D eigenvalue weighted by Crippen LogP contribution is 2.22. The Balaban J connectivity index is 1.77. The molecule has 1 amide bonds. The van der Waals surface area contributed by atoms with Crippen molar-refractivity contribution in [1.82, 2.24) is 9.62 Å². The molecule has 0 saturated carbocycles. The normalized spacial score (nSPS) is 21.5. The van der Waals surface area contributed by atoms with E-state index >= 15 is 0 Å². The van der Waals surface area contributed by atoms with Gasteiger partial charge >= 0.3 is 0 Å². The van der Waals surface area contributed by atoms with E-state index in [4.69, 9.17) is 16.3 Å². The number of rotatable bonds is 5. The van der Waals surface area contributed by atoms with Crippen LogP contribution in [0.2, 0.25) is 5.02 Å². The Hall–Kier alpha value is -1.93. The number of halogens is 1. The van der Waals surface area contributed by atoms with Crippen molar-refractivity contribution in [3.8, 4) is 0 Å². The van der Waals surface area contributed by atoms with Gasteiger partial charge in [-0.25, -0.2) is 8.42 Å². The minimum atomic E-state index is -3.71. The van der Waals surface area contributed by atoms with Crippen molar-refractivity contribution in [3.63, 3.8) is 0 Å². The molecule has 29 heavy (non-hydrogen) atoms. The molecule has 6 nitrogen and oxygen atoms in total. The Bertz CT molecular complexity index is 968. The molecule has 0 aliphatic carbocycles. The van der Waals surface area contributed by atoms with Gasteiger partial charge < -0.3 is 10.1 Å². The number of nitrogens with one attached hydrogen (secondary N) is 1. The van der Waals surface area contributed by atoms with Crippen molar-refractivity contribution >= 4 is 27.5 Å². The summed E-state index contributed by atoms with van der Waals surface area (Å²) in [7, 11) is -3.71. The molecule has 0 spiro atoms. The maximum Gasteiger partial charge on any atom is 0.251 e. The summed E-state index contributed by atoms with van der Waals surface area (Å²) in [5, 5.41) is 3.52. The molecule has 156 valence electrons. The van der Waals surface area contributed by atoms with Gasteiger partial charge in [-0.05, 0) is 56.7 Å². The zero-order valence-electron chi connectivity index (χ0n) is 16.6. The molecule has 1 heterocycles. The number of amides is 1. The molecule has 0 radical (unpaired) electrons. The van der Waals surface area contributed by atoms with E-state index in [1.165, 1.54) is 16.4 Å². The van der Waals surface area contributed by atoms with Crippen LogP contribution in [0.15, 0.2) is 53.4 Å². The first-order valence-electron chi connectivity index (χ1n) is 9.49. The minimum Gasteiger partial charge on any atom is -0.373 e. The Morgan fingerprint density at radius 1 is 1.14 bits per heavy atom. The third-order valence-electron chi connectivity index (χ3n) is 4.84. The van der Waals surface area contributed by atoms with Gasteiger partial charge in [0.2, 0.25) is 10.0 Å². The molecule has 0 aromatic heterocycles.